The Morgan fingerprint density at radius 2 is 2.25 bits per heavy atom. The van der Waals surface area contributed by atoms with Crippen LogP contribution in [0.1, 0.15) is 46.5 Å². The SMILES string of the molecule is CCC1CCc2sc(N)c(C(=O)N(C)C)c21. The fraction of sp³-hybridized carbons (Fsp3) is 0.583. The Labute approximate surface area is 100 Å². The minimum Gasteiger partial charge on any atom is -0.390 e. The minimum atomic E-state index is 0.0513. The van der Waals surface area contributed by atoms with E-state index in [2.05, 4.69) is 6.92 Å². The van der Waals surface area contributed by atoms with Gasteiger partial charge >= 0.3 is 0 Å². The number of nitrogens with zero attached hydrogens (tertiary/aromatic N) is 1. The maximum atomic E-state index is 12.1. The highest BCUT2D eigenvalue weighted by molar-refractivity contribution is 7.16. The van der Waals surface area contributed by atoms with E-state index in [0.717, 1.165) is 18.4 Å². The molecule has 88 valence electrons. The second-order valence-electron chi connectivity index (χ2n) is 4.52. The number of fused-ring (bicyclic) bond motifs is 1. The molecule has 16 heavy (non-hydrogen) atoms. The molecule has 1 aliphatic rings. The number of rotatable bonds is 2. The molecule has 2 N–H and O–H groups in total. The molecule has 1 aromatic heterocycles. The smallest absolute Gasteiger partial charge is 0.256 e. The van der Waals surface area contributed by atoms with Crippen LogP contribution in [0, 0.1) is 0 Å². The Balaban J connectivity index is 2.49. The third-order valence-electron chi connectivity index (χ3n) is 3.29. The van der Waals surface area contributed by atoms with E-state index in [0.29, 0.717) is 10.9 Å². The van der Waals surface area contributed by atoms with E-state index in [9.17, 15) is 4.79 Å². The van der Waals surface area contributed by atoms with Gasteiger partial charge in [-0.15, -0.1) is 11.3 Å². The summed E-state index contributed by atoms with van der Waals surface area (Å²) < 4.78 is 0. The lowest BCUT2D eigenvalue weighted by atomic mass is 9.96. The predicted octanol–water partition coefficient (Wildman–Crippen LogP) is 2.47. The molecule has 4 heteroatoms. The fourth-order valence-electron chi connectivity index (χ4n) is 2.43. The van der Waals surface area contributed by atoms with E-state index in [-0.39, 0.29) is 5.91 Å². The van der Waals surface area contributed by atoms with Crippen LogP contribution < -0.4 is 5.73 Å². The number of hydrogen-bond acceptors (Lipinski definition) is 3. The van der Waals surface area contributed by atoms with Crippen molar-refractivity contribution in [3.8, 4) is 0 Å². The summed E-state index contributed by atoms with van der Waals surface area (Å²) in [6.45, 7) is 2.18. The van der Waals surface area contributed by atoms with Crippen LogP contribution in [0.5, 0.6) is 0 Å². The molecular formula is C12H18N2OS. The lowest BCUT2D eigenvalue weighted by molar-refractivity contribution is 0.0827. The Bertz CT molecular complexity index is 423. The number of thiophene rings is 1. The van der Waals surface area contributed by atoms with Crippen LogP contribution in [-0.4, -0.2) is 24.9 Å². The molecule has 1 unspecified atom stereocenters. The number of carbonyl (C=O) groups excluding carboxylic acids is 1. The number of nitrogens with two attached hydrogens (primary N) is 1. The van der Waals surface area contributed by atoms with E-state index in [1.165, 1.54) is 16.9 Å². The van der Waals surface area contributed by atoms with Crippen molar-refractivity contribution < 1.29 is 4.79 Å². The molecule has 0 saturated heterocycles. The van der Waals surface area contributed by atoms with E-state index in [1.54, 1.807) is 30.3 Å². The van der Waals surface area contributed by atoms with Gasteiger partial charge in [-0.3, -0.25) is 4.79 Å². The minimum absolute atomic E-state index is 0.0513. The molecule has 1 aliphatic carbocycles. The molecule has 3 nitrogen and oxygen atoms in total. The van der Waals surface area contributed by atoms with Crippen LogP contribution in [0.15, 0.2) is 0 Å². The van der Waals surface area contributed by atoms with Crippen molar-refractivity contribution in [3.63, 3.8) is 0 Å². The number of aryl methyl sites for hydroxylation is 1. The molecule has 0 fully saturated rings. The van der Waals surface area contributed by atoms with Crippen LogP contribution in [0.4, 0.5) is 5.00 Å². The highest BCUT2D eigenvalue weighted by Gasteiger charge is 2.31. The van der Waals surface area contributed by atoms with Crippen LogP contribution in [0.3, 0.4) is 0 Å². The number of carbonyl (C=O) groups is 1. The number of hydrogen-bond donors (Lipinski definition) is 1. The van der Waals surface area contributed by atoms with Gasteiger partial charge in [0.25, 0.3) is 5.91 Å². The van der Waals surface area contributed by atoms with Crippen molar-refractivity contribution in [1.82, 2.24) is 4.90 Å². The predicted molar refractivity (Wildman–Crippen MR) is 68.1 cm³/mol. The first kappa shape index (κ1) is 11.5. The normalized spacial score (nSPS) is 18.6. The highest BCUT2D eigenvalue weighted by atomic mass is 32.1. The van der Waals surface area contributed by atoms with Crippen molar-refractivity contribution in [2.75, 3.05) is 19.8 Å². The summed E-state index contributed by atoms with van der Waals surface area (Å²) in [4.78, 5) is 15.0. The molecule has 1 heterocycles. The largest absolute Gasteiger partial charge is 0.390 e. The fourth-order valence-corrected chi connectivity index (χ4v) is 3.59. The third kappa shape index (κ3) is 1.61. The van der Waals surface area contributed by atoms with Gasteiger partial charge in [-0.25, -0.2) is 0 Å². The molecule has 0 aliphatic heterocycles. The third-order valence-corrected chi connectivity index (χ3v) is 4.38. The molecule has 1 atom stereocenters. The van der Waals surface area contributed by atoms with Crippen LogP contribution in [-0.2, 0) is 6.42 Å². The summed E-state index contributed by atoms with van der Waals surface area (Å²) in [5.74, 6) is 0.581. The van der Waals surface area contributed by atoms with E-state index in [1.807, 2.05) is 0 Å². The Morgan fingerprint density at radius 3 is 2.81 bits per heavy atom. The first-order valence-corrected chi connectivity index (χ1v) is 6.50. The summed E-state index contributed by atoms with van der Waals surface area (Å²) in [5.41, 5.74) is 7.99. The lowest BCUT2D eigenvalue weighted by Crippen LogP contribution is -2.23. The summed E-state index contributed by atoms with van der Waals surface area (Å²) in [5, 5.41) is 0.696. The molecular weight excluding hydrogens is 220 g/mol. The van der Waals surface area contributed by atoms with E-state index >= 15 is 0 Å². The van der Waals surface area contributed by atoms with Crippen molar-refractivity contribution >= 4 is 22.2 Å². The maximum Gasteiger partial charge on any atom is 0.256 e. The van der Waals surface area contributed by atoms with Crippen molar-refractivity contribution in [3.05, 3.63) is 16.0 Å². The van der Waals surface area contributed by atoms with Gasteiger partial charge in [0.1, 0.15) is 0 Å². The molecule has 0 radical (unpaired) electrons. The van der Waals surface area contributed by atoms with Gasteiger partial charge in [0.05, 0.1) is 10.6 Å². The van der Waals surface area contributed by atoms with Crippen molar-refractivity contribution in [2.24, 2.45) is 0 Å². The zero-order valence-electron chi connectivity index (χ0n) is 10.0. The average molecular weight is 238 g/mol. The molecule has 1 aromatic rings. The second-order valence-corrected chi connectivity index (χ2v) is 5.66. The Kier molecular flexibility index (Phi) is 2.93. The number of amides is 1. The van der Waals surface area contributed by atoms with Crippen molar-refractivity contribution in [2.45, 2.75) is 32.1 Å². The lowest BCUT2D eigenvalue weighted by Gasteiger charge is -2.14. The standard InChI is InChI=1S/C12H18N2OS/c1-4-7-5-6-8-9(7)10(11(13)16-8)12(15)14(2)3/h7H,4-6,13H2,1-3H3. The van der Waals surface area contributed by atoms with E-state index < -0.39 is 0 Å². The summed E-state index contributed by atoms with van der Waals surface area (Å²) in [7, 11) is 3.56. The monoisotopic (exact) mass is 238 g/mol. The summed E-state index contributed by atoms with van der Waals surface area (Å²) in [6, 6.07) is 0. The highest BCUT2D eigenvalue weighted by Crippen LogP contribution is 2.45. The maximum absolute atomic E-state index is 12.1. The van der Waals surface area contributed by atoms with Gasteiger partial charge in [-0.05, 0) is 30.7 Å². The van der Waals surface area contributed by atoms with Crippen LogP contribution in [0.25, 0.3) is 0 Å². The molecule has 0 spiro atoms. The van der Waals surface area contributed by atoms with E-state index in [4.69, 9.17) is 5.73 Å². The van der Waals surface area contributed by atoms with Gasteiger partial charge in [0.15, 0.2) is 0 Å². The first-order chi connectivity index (χ1) is 7.56. The summed E-state index contributed by atoms with van der Waals surface area (Å²) in [6.07, 6.45) is 3.35. The molecule has 0 aromatic carbocycles. The quantitative estimate of drug-likeness (QED) is 0.860. The number of nitrogen functional groups attached to an aromatic ring is 1. The van der Waals surface area contributed by atoms with Gasteiger partial charge in [0, 0.05) is 19.0 Å². The zero-order valence-corrected chi connectivity index (χ0v) is 10.9. The van der Waals surface area contributed by atoms with Gasteiger partial charge in [-0.1, -0.05) is 6.92 Å². The van der Waals surface area contributed by atoms with Crippen LogP contribution >= 0.6 is 11.3 Å². The Hall–Kier alpha value is -1.03. The topological polar surface area (TPSA) is 46.3 Å². The molecule has 0 saturated carbocycles. The van der Waals surface area contributed by atoms with Crippen molar-refractivity contribution in [1.29, 1.82) is 0 Å². The van der Waals surface area contributed by atoms with Gasteiger partial charge < -0.3 is 10.6 Å². The van der Waals surface area contributed by atoms with Gasteiger partial charge in [-0.2, -0.15) is 0 Å². The first-order valence-electron chi connectivity index (χ1n) is 5.68. The zero-order chi connectivity index (χ0) is 11.9. The number of anilines is 1. The molecule has 2 rings (SSSR count). The summed E-state index contributed by atoms with van der Waals surface area (Å²) >= 11 is 1.60. The second kappa shape index (κ2) is 4.09. The van der Waals surface area contributed by atoms with Gasteiger partial charge in [0.2, 0.25) is 0 Å². The Morgan fingerprint density at radius 1 is 1.56 bits per heavy atom. The molecule has 0 bridgehead atoms. The molecule has 1 amide bonds. The van der Waals surface area contributed by atoms with Crippen LogP contribution in [0.2, 0.25) is 0 Å². The average Bonchev–Trinajstić information content (AvgIpc) is 2.74.